The number of hydrogen-bond donors (Lipinski definition) is 2. The minimum atomic E-state index is -0.913. The first-order valence-corrected chi connectivity index (χ1v) is 7.40. The third kappa shape index (κ3) is 4.24. The van der Waals surface area contributed by atoms with E-state index < -0.39 is 5.97 Å². The van der Waals surface area contributed by atoms with E-state index in [0.29, 0.717) is 6.54 Å². The summed E-state index contributed by atoms with van der Waals surface area (Å²) in [5.41, 5.74) is 0. The molecule has 1 unspecified atom stereocenters. The third-order valence-electron chi connectivity index (χ3n) is 3.72. The van der Waals surface area contributed by atoms with E-state index in [9.17, 15) is 9.59 Å². The van der Waals surface area contributed by atoms with Gasteiger partial charge in [0.1, 0.15) is 11.5 Å². The van der Waals surface area contributed by atoms with E-state index in [1.165, 1.54) is 0 Å². The molecule has 1 saturated heterocycles. The van der Waals surface area contributed by atoms with E-state index in [4.69, 9.17) is 9.52 Å². The highest BCUT2D eigenvalue weighted by atomic mass is 16.4. The number of hydrogen-bond acceptors (Lipinski definition) is 3. The second kappa shape index (κ2) is 7.15. The van der Waals surface area contributed by atoms with Crippen molar-refractivity contribution in [3.8, 4) is 0 Å². The summed E-state index contributed by atoms with van der Waals surface area (Å²) in [6.07, 6.45) is 3.92. The van der Waals surface area contributed by atoms with Gasteiger partial charge in [-0.05, 0) is 31.9 Å². The molecule has 1 aliphatic rings. The van der Waals surface area contributed by atoms with Gasteiger partial charge in [-0.15, -0.1) is 0 Å². The van der Waals surface area contributed by atoms with Crippen molar-refractivity contribution in [3.05, 3.63) is 23.7 Å². The summed E-state index contributed by atoms with van der Waals surface area (Å²) in [7, 11) is 0. The van der Waals surface area contributed by atoms with Crippen molar-refractivity contribution in [3.63, 3.8) is 0 Å². The first kappa shape index (κ1) is 15.4. The van der Waals surface area contributed by atoms with Crippen molar-refractivity contribution in [1.82, 2.24) is 10.2 Å². The molecule has 0 radical (unpaired) electrons. The Morgan fingerprint density at radius 1 is 1.38 bits per heavy atom. The van der Waals surface area contributed by atoms with Crippen molar-refractivity contribution in [2.24, 2.45) is 0 Å². The quantitative estimate of drug-likeness (QED) is 0.894. The fourth-order valence-corrected chi connectivity index (χ4v) is 2.66. The fourth-order valence-electron chi connectivity index (χ4n) is 2.66. The van der Waals surface area contributed by atoms with Crippen molar-refractivity contribution in [1.29, 1.82) is 0 Å². The predicted octanol–water partition coefficient (Wildman–Crippen LogP) is 2.69. The zero-order valence-corrected chi connectivity index (χ0v) is 12.3. The number of nitrogens with one attached hydrogen (secondary N) is 1. The molecule has 2 amide bonds. The number of rotatable bonds is 4. The molecule has 2 heterocycles. The second-order valence-corrected chi connectivity index (χ2v) is 5.38. The van der Waals surface area contributed by atoms with Gasteiger partial charge >= 0.3 is 12.0 Å². The highest BCUT2D eigenvalue weighted by molar-refractivity contribution is 5.75. The Labute approximate surface area is 124 Å². The first-order valence-electron chi connectivity index (χ1n) is 7.40. The van der Waals surface area contributed by atoms with Crippen LogP contribution in [0, 0.1) is 6.92 Å². The van der Waals surface area contributed by atoms with Crippen molar-refractivity contribution < 1.29 is 19.1 Å². The molecule has 21 heavy (non-hydrogen) atoms. The molecule has 0 bridgehead atoms. The zero-order valence-electron chi connectivity index (χ0n) is 12.3. The normalized spacial score (nSPS) is 19.1. The van der Waals surface area contributed by atoms with Crippen LogP contribution in [0.1, 0.15) is 49.7 Å². The molecule has 0 aliphatic carbocycles. The van der Waals surface area contributed by atoms with Crippen molar-refractivity contribution in [2.75, 3.05) is 13.1 Å². The second-order valence-electron chi connectivity index (χ2n) is 5.38. The fraction of sp³-hybridized carbons (Fsp3) is 0.600. The Morgan fingerprint density at radius 2 is 2.19 bits per heavy atom. The summed E-state index contributed by atoms with van der Waals surface area (Å²) < 4.78 is 5.69. The Morgan fingerprint density at radius 3 is 2.86 bits per heavy atom. The molecule has 0 spiro atoms. The third-order valence-corrected chi connectivity index (χ3v) is 3.72. The van der Waals surface area contributed by atoms with Crippen LogP contribution < -0.4 is 5.32 Å². The molecule has 1 aliphatic heterocycles. The first-order chi connectivity index (χ1) is 10.1. The van der Waals surface area contributed by atoms with Crippen molar-refractivity contribution >= 4 is 12.0 Å². The van der Waals surface area contributed by atoms with Gasteiger partial charge in [-0.3, -0.25) is 4.79 Å². The summed E-state index contributed by atoms with van der Waals surface area (Å²) in [6, 6.07) is 3.55. The molecule has 2 N–H and O–H groups in total. The molecule has 1 fully saturated rings. The molecule has 1 aromatic rings. The largest absolute Gasteiger partial charge is 0.481 e. The monoisotopic (exact) mass is 294 g/mol. The number of furan rings is 1. The summed E-state index contributed by atoms with van der Waals surface area (Å²) in [6.45, 7) is 2.70. The molecule has 116 valence electrons. The molecular formula is C15H22N2O4. The summed E-state index contributed by atoms with van der Waals surface area (Å²) in [5, 5.41) is 11.3. The van der Waals surface area contributed by atoms with Crippen LogP contribution in [-0.2, 0) is 4.79 Å². The minimum Gasteiger partial charge on any atom is -0.481 e. The topological polar surface area (TPSA) is 82.8 Å². The highest BCUT2D eigenvalue weighted by Gasteiger charge is 2.28. The van der Waals surface area contributed by atoms with Crippen molar-refractivity contribution in [2.45, 2.75) is 45.1 Å². The van der Waals surface area contributed by atoms with Gasteiger partial charge in [0.05, 0.1) is 12.5 Å². The number of carboxylic acids is 1. The maximum atomic E-state index is 12.3. The lowest BCUT2D eigenvalue weighted by molar-refractivity contribution is -0.136. The lowest BCUT2D eigenvalue weighted by Crippen LogP contribution is -2.42. The van der Waals surface area contributed by atoms with Gasteiger partial charge in [0, 0.05) is 13.1 Å². The van der Waals surface area contributed by atoms with E-state index in [1.54, 1.807) is 4.90 Å². The van der Waals surface area contributed by atoms with Gasteiger partial charge in [-0.25, -0.2) is 4.79 Å². The summed E-state index contributed by atoms with van der Waals surface area (Å²) >= 11 is 0. The Kier molecular flexibility index (Phi) is 5.25. The van der Waals surface area contributed by atoms with Crippen LogP contribution in [0.5, 0.6) is 0 Å². The molecular weight excluding hydrogens is 272 g/mol. The number of nitrogens with zero attached hydrogens (tertiary/aromatic N) is 1. The van der Waals surface area contributed by atoms with Crippen LogP contribution in [0.3, 0.4) is 0 Å². The summed E-state index contributed by atoms with van der Waals surface area (Å²) in [5.74, 6) is 0.729. The number of aliphatic carboxylic acids is 1. The average molecular weight is 294 g/mol. The Bertz CT molecular complexity index is 498. The molecule has 6 nitrogen and oxygen atoms in total. The van der Waals surface area contributed by atoms with E-state index in [-0.39, 0.29) is 25.0 Å². The van der Waals surface area contributed by atoms with E-state index in [0.717, 1.165) is 37.2 Å². The average Bonchev–Trinajstić information content (AvgIpc) is 2.72. The SMILES string of the molecule is Cc1ccc(C2CCCCCN2C(=O)NCCC(=O)O)o1. The number of aryl methyl sites for hydroxylation is 1. The lowest BCUT2D eigenvalue weighted by Gasteiger charge is -2.28. The Hall–Kier alpha value is -1.98. The number of carboxylic acid groups (broad SMARTS) is 1. The van der Waals surface area contributed by atoms with Crippen LogP contribution in [0.25, 0.3) is 0 Å². The highest BCUT2D eigenvalue weighted by Crippen LogP contribution is 2.31. The van der Waals surface area contributed by atoms with E-state index in [2.05, 4.69) is 5.32 Å². The van der Waals surface area contributed by atoms with Crippen LogP contribution >= 0.6 is 0 Å². The number of carbonyl (C=O) groups excluding carboxylic acids is 1. The summed E-state index contributed by atoms with van der Waals surface area (Å²) in [4.78, 5) is 24.6. The van der Waals surface area contributed by atoms with Crippen LogP contribution in [-0.4, -0.2) is 35.1 Å². The number of urea groups is 1. The van der Waals surface area contributed by atoms with Crippen LogP contribution in [0.2, 0.25) is 0 Å². The van der Waals surface area contributed by atoms with Gasteiger partial charge in [0.15, 0.2) is 0 Å². The maximum absolute atomic E-state index is 12.3. The van der Waals surface area contributed by atoms with Gasteiger partial charge in [-0.1, -0.05) is 12.8 Å². The smallest absolute Gasteiger partial charge is 0.318 e. The molecule has 0 saturated carbocycles. The zero-order chi connectivity index (χ0) is 15.2. The van der Waals surface area contributed by atoms with Gasteiger partial charge in [0.2, 0.25) is 0 Å². The van der Waals surface area contributed by atoms with E-state index >= 15 is 0 Å². The van der Waals surface area contributed by atoms with Gasteiger partial charge in [0.25, 0.3) is 0 Å². The number of likely N-dealkylation sites (tertiary alicyclic amines) is 1. The Balaban J connectivity index is 2.04. The number of carbonyl (C=O) groups is 2. The molecule has 2 rings (SSSR count). The van der Waals surface area contributed by atoms with E-state index in [1.807, 2.05) is 19.1 Å². The minimum absolute atomic E-state index is 0.0639. The molecule has 1 atom stereocenters. The van der Waals surface area contributed by atoms with Crippen LogP contribution in [0.4, 0.5) is 4.79 Å². The van der Waals surface area contributed by atoms with Crippen LogP contribution in [0.15, 0.2) is 16.5 Å². The maximum Gasteiger partial charge on any atom is 0.318 e. The van der Waals surface area contributed by atoms with Gasteiger partial charge < -0.3 is 19.7 Å². The number of amides is 2. The standard InChI is InChI=1S/C15H22N2O4/c1-11-6-7-13(21-11)12-5-3-2-4-10-17(12)15(20)16-9-8-14(18)19/h6-7,12H,2-5,8-10H2,1H3,(H,16,20)(H,18,19). The molecule has 1 aromatic heterocycles. The molecule has 0 aromatic carbocycles. The molecule has 6 heteroatoms. The lowest BCUT2D eigenvalue weighted by atomic mass is 10.1. The van der Waals surface area contributed by atoms with Gasteiger partial charge in [-0.2, -0.15) is 0 Å². The predicted molar refractivity (Wildman–Crippen MR) is 77.0 cm³/mol.